The van der Waals surface area contributed by atoms with Gasteiger partial charge in [0.25, 0.3) is 0 Å². The van der Waals surface area contributed by atoms with E-state index in [4.69, 9.17) is 4.74 Å². The zero-order chi connectivity index (χ0) is 12.1. The second kappa shape index (κ2) is 5.91. The molecule has 0 radical (unpaired) electrons. The van der Waals surface area contributed by atoms with Crippen LogP contribution < -0.4 is 5.32 Å². The average molecular weight is 301 g/mol. The standard InChI is InChI=1S/C12H17BrN2O2/c13-10-1-2-11(14-7-10)8-15-12(9-16)3-5-17-6-4-12/h1-2,7,15-16H,3-6,8-9H2. The Kier molecular flexibility index (Phi) is 4.50. The lowest BCUT2D eigenvalue weighted by atomic mass is 9.91. The zero-order valence-electron chi connectivity index (χ0n) is 9.66. The lowest BCUT2D eigenvalue weighted by Crippen LogP contribution is -2.51. The van der Waals surface area contributed by atoms with Crippen molar-refractivity contribution in [1.29, 1.82) is 0 Å². The van der Waals surface area contributed by atoms with Gasteiger partial charge in [-0.25, -0.2) is 0 Å². The van der Waals surface area contributed by atoms with Gasteiger partial charge in [0.05, 0.1) is 12.3 Å². The summed E-state index contributed by atoms with van der Waals surface area (Å²) < 4.78 is 6.30. The van der Waals surface area contributed by atoms with Gasteiger partial charge >= 0.3 is 0 Å². The van der Waals surface area contributed by atoms with Crippen molar-refractivity contribution in [3.8, 4) is 0 Å². The van der Waals surface area contributed by atoms with Gasteiger partial charge in [-0.15, -0.1) is 0 Å². The molecule has 94 valence electrons. The Balaban J connectivity index is 1.93. The molecule has 0 bridgehead atoms. The van der Waals surface area contributed by atoms with Crippen LogP contribution in [0.15, 0.2) is 22.8 Å². The lowest BCUT2D eigenvalue weighted by molar-refractivity contribution is 0.0110. The van der Waals surface area contributed by atoms with Gasteiger partial charge in [0.1, 0.15) is 0 Å². The molecule has 2 N–H and O–H groups in total. The molecule has 1 saturated heterocycles. The van der Waals surface area contributed by atoms with Crippen LogP contribution in [0.2, 0.25) is 0 Å². The minimum absolute atomic E-state index is 0.146. The molecule has 17 heavy (non-hydrogen) atoms. The summed E-state index contributed by atoms with van der Waals surface area (Å²) in [5.41, 5.74) is 0.778. The summed E-state index contributed by atoms with van der Waals surface area (Å²) in [5.74, 6) is 0. The number of hydrogen-bond donors (Lipinski definition) is 2. The average Bonchev–Trinajstić information content (AvgIpc) is 2.39. The maximum Gasteiger partial charge on any atom is 0.0615 e. The Morgan fingerprint density at radius 3 is 2.76 bits per heavy atom. The van der Waals surface area contributed by atoms with E-state index in [9.17, 15) is 5.11 Å². The van der Waals surface area contributed by atoms with Crippen molar-refractivity contribution in [2.75, 3.05) is 19.8 Å². The number of nitrogens with zero attached hydrogens (tertiary/aromatic N) is 1. The summed E-state index contributed by atoms with van der Waals surface area (Å²) in [7, 11) is 0. The first-order valence-electron chi connectivity index (χ1n) is 5.78. The molecule has 5 heteroatoms. The Morgan fingerprint density at radius 1 is 1.41 bits per heavy atom. The first-order chi connectivity index (χ1) is 8.24. The number of aliphatic hydroxyl groups is 1. The highest BCUT2D eigenvalue weighted by molar-refractivity contribution is 9.10. The highest BCUT2D eigenvalue weighted by atomic mass is 79.9. The first-order valence-corrected chi connectivity index (χ1v) is 6.57. The third kappa shape index (κ3) is 3.48. The number of aliphatic hydroxyl groups excluding tert-OH is 1. The molecule has 1 aliphatic rings. The van der Waals surface area contributed by atoms with Crippen molar-refractivity contribution in [3.63, 3.8) is 0 Å². The normalized spacial score (nSPS) is 19.2. The SMILES string of the molecule is OCC1(NCc2ccc(Br)cn2)CCOCC1. The molecular formula is C12H17BrN2O2. The van der Waals surface area contributed by atoms with E-state index in [1.807, 2.05) is 12.1 Å². The highest BCUT2D eigenvalue weighted by Crippen LogP contribution is 2.20. The molecule has 0 aromatic carbocycles. The van der Waals surface area contributed by atoms with Crippen LogP contribution in [0, 0.1) is 0 Å². The van der Waals surface area contributed by atoms with E-state index in [1.54, 1.807) is 6.20 Å². The molecule has 1 fully saturated rings. The zero-order valence-corrected chi connectivity index (χ0v) is 11.2. The van der Waals surface area contributed by atoms with Crippen molar-refractivity contribution in [2.24, 2.45) is 0 Å². The van der Waals surface area contributed by atoms with E-state index in [1.165, 1.54) is 0 Å². The number of hydrogen-bond acceptors (Lipinski definition) is 4. The smallest absolute Gasteiger partial charge is 0.0615 e. The third-order valence-corrected chi connectivity index (χ3v) is 3.65. The van der Waals surface area contributed by atoms with Crippen molar-refractivity contribution < 1.29 is 9.84 Å². The molecular weight excluding hydrogens is 284 g/mol. The van der Waals surface area contributed by atoms with E-state index < -0.39 is 0 Å². The van der Waals surface area contributed by atoms with Gasteiger partial charge in [0.15, 0.2) is 0 Å². The Bertz CT molecular complexity index is 350. The molecule has 0 atom stereocenters. The van der Waals surface area contributed by atoms with E-state index >= 15 is 0 Å². The van der Waals surface area contributed by atoms with Crippen molar-refractivity contribution in [1.82, 2.24) is 10.3 Å². The van der Waals surface area contributed by atoms with E-state index in [2.05, 4.69) is 26.2 Å². The first kappa shape index (κ1) is 13.0. The maximum absolute atomic E-state index is 9.52. The number of ether oxygens (including phenoxy) is 1. The van der Waals surface area contributed by atoms with Crippen molar-refractivity contribution >= 4 is 15.9 Å². The number of rotatable bonds is 4. The van der Waals surface area contributed by atoms with Gasteiger partial charge in [-0.3, -0.25) is 4.98 Å². The maximum atomic E-state index is 9.52. The van der Waals surface area contributed by atoms with E-state index in [-0.39, 0.29) is 12.1 Å². The minimum Gasteiger partial charge on any atom is -0.394 e. The van der Waals surface area contributed by atoms with Crippen molar-refractivity contribution in [3.05, 3.63) is 28.5 Å². The molecule has 0 unspecified atom stereocenters. The summed E-state index contributed by atoms with van der Waals surface area (Å²) >= 11 is 3.36. The van der Waals surface area contributed by atoms with E-state index in [0.717, 1.165) is 23.0 Å². The Labute approximate surface area is 110 Å². The molecule has 1 aliphatic heterocycles. The molecule has 2 rings (SSSR count). The molecule has 0 spiro atoms. The predicted molar refractivity (Wildman–Crippen MR) is 68.6 cm³/mol. The highest BCUT2D eigenvalue weighted by Gasteiger charge is 2.31. The van der Waals surface area contributed by atoms with Crippen LogP contribution in [0.3, 0.4) is 0 Å². The van der Waals surface area contributed by atoms with Gasteiger partial charge in [0, 0.05) is 36.0 Å². The number of pyridine rings is 1. The summed E-state index contributed by atoms with van der Waals surface area (Å²) in [6.45, 7) is 2.24. The fraction of sp³-hybridized carbons (Fsp3) is 0.583. The van der Waals surface area contributed by atoms with Gasteiger partial charge in [-0.1, -0.05) is 0 Å². The quantitative estimate of drug-likeness (QED) is 0.884. The van der Waals surface area contributed by atoms with Crippen LogP contribution in [-0.2, 0) is 11.3 Å². The molecule has 1 aromatic heterocycles. The van der Waals surface area contributed by atoms with Gasteiger partial charge < -0.3 is 15.2 Å². The second-order valence-electron chi connectivity index (χ2n) is 4.37. The largest absolute Gasteiger partial charge is 0.394 e. The minimum atomic E-state index is -0.201. The van der Waals surface area contributed by atoms with Crippen LogP contribution in [0.4, 0.5) is 0 Å². The molecule has 2 heterocycles. The van der Waals surface area contributed by atoms with Gasteiger partial charge in [0.2, 0.25) is 0 Å². The third-order valence-electron chi connectivity index (χ3n) is 3.19. The van der Waals surface area contributed by atoms with Crippen LogP contribution in [0.25, 0.3) is 0 Å². The van der Waals surface area contributed by atoms with Gasteiger partial charge in [-0.2, -0.15) is 0 Å². The van der Waals surface area contributed by atoms with Crippen molar-refractivity contribution in [2.45, 2.75) is 24.9 Å². The number of aromatic nitrogens is 1. The predicted octanol–water partition coefficient (Wildman–Crippen LogP) is 1.48. The van der Waals surface area contributed by atoms with Crippen LogP contribution in [0.1, 0.15) is 18.5 Å². The fourth-order valence-corrected chi connectivity index (χ4v) is 2.18. The summed E-state index contributed by atoms with van der Waals surface area (Å²) in [4.78, 5) is 4.31. The molecule has 1 aromatic rings. The Hall–Kier alpha value is -0.490. The number of halogens is 1. The molecule has 4 nitrogen and oxygen atoms in total. The molecule has 0 aliphatic carbocycles. The summed E-state index contributed by atoms with van der Waals surface area (Å²) in [6, 6.07) is 3.95. The summed E-state index contributed by atoms with van der Waals surface area (Å²) in [6.07, 6.45) is 3.48. The number of nitrogens with one attached hydrogen (secondary N) is 1. The van der Waals surface area contributed by atoms with Crippen LogP contribution in [-0.4, -0.2) is 35.5 Å². The molecule has 0 amide bonds. The second-order valence-corrected chi connectivity index (χ2v) is 5.29. The van der Waals surface area contributed by atoms with Crippen LogP contribution in [0.5, 0.6) is 0 Å². The fourth-order valence-electron chi connectivity index (χ4n) is 1.94. The lowest BCUT2D eigenvalue weighted by Gasteiger charge is -2.36. The topological polar surface area (TPSA) is 54.4 Å². The van der Waals surface area contributed by atoms with Gasteiger partial charge in [-0.05, 0) is 40.9 Å². The molecule has 0 saturated carbocycles. The van der Waals surface area contributed by atoms with Crippen LogP contribution >= 0.6 is 15.9 Å². The van der Waals surface area contributed by atoms with E-state index in [0.29, 0.717) is 19.8 Å². The summed E-state index contributed by atoms with van der Waals surface area (Å²) in [5, 5.41) is 12.9. The Morgan fingerprint density at radius 2 is 2.18 bits per heavy atom. The monoisotopic (exact) mass is 300 g/mol.